The fourth-order valence-electron chi connectivity index (χ4n) is 1.22. The molecule has 0 aromatic rings. The van der Waals surface area contributed by atoms with Crippen molar-refractivity contribution in [2.24, 2.45) is 11.7 Å². The fraction of sp³-hybridized carbons (Fsp3) is 0.900. The summed E-state index contributed by atoms with van der Waals surface area (Å²) in [6.45, 7) is 9.95. The Morgan fingerprint density at radius 2 is 2.08 bits per heavy atom. The Kier molecular flexibility index (Phi) is 7.19. The van der Waals surface area contributed by atoms with E-state index in [-0.39, 0.29) is 0 Å². The summed E-state index contributed by atoms with van der Waals surface area (Å²) in [6.07, 6.45) is 2.09. The predicted molar refractivity (Wildman–Crippen MR) is 63.0 cm³/mol. The van der Waals surface area contributed by atoms with Crippen molar-refractivity contribution in [3.05, 3.63) is 0 Å². The smallest absolute Gasteiger partial charge is 0.0740 e. The predicted octanol–water partition coefficient (Wildman–Crippen LogP) is 2.03. The van der Waals surface area contributed by atoms with Gasteiger partial charge in [0, 0.05) is 19.5 Å². The third-order valence-corrected chi connectivity index (χ3v) is 2.59. The highest BCUT2D eigenvalue weighted by Crippen LogP contribution is 2.04. The second kappa shape index (κ2) is 7.27. The Morgan fingerprint density at radius 1 is 1.46 bits per heavy atom. The minimum absolute atomic E-state index is 0.627. The topological polar surface area (TPSA) is 29.3 Å². The van der Waals surface area contributed by atoms with E-state index in [2.05, 4.69) is 25.7 Å². The van der Waals surface area contributed by atoms with E-state index >= 15 is 0 Å². The van der Waals surface area contributed by atoms with E-state index in [9.17, 15) is 0 Å². The molecule has 78 valence electrons. The molecule has 0 aromatic carbocycles. The van der Waals surface area contributed by atoms with E-state index in [1.54, 1.807) is 0 Å². The molecule has 2 nitrogen and oxygen atoms in total. The van der Waals surface area contributed by atoms with Gasteiger partial charge in [-0.25, -0.2) is 0 Å². The molecule has 0 rings (SSSR count). The lowest BCUT2D eigenvalue weighted by Gasteiger charge is -2.23. The van der Waals surface area contributed by atoms with Gasteiger partial charge in [-0.05, 0) is 12.5 Å². The quantitative estimate of drug-likeness (QED) is 0.641. The molecule has 3 heteroatoms. The van der Waals surface area contributed by atoms with Crippen molar-refractivity contribution in [3.63, 3.8) is 0 Å². The SMILES string of the molecule is CCC(C)CN(CC)CCC(N)=S. The van der Waals surface area contributed by atoms with Crippen LogP contribution in [-0.2, 0) is 0 Å². The van der Waals surface area contributed by atoms with Gasteiger partial charge in [-0.1, -0.05) is 39.4 Å². The summed E-state index contributed by atoms with van der Waals surface area (Å²) in [5.41, 5.74) is 5.46. The van der Waals surface area contributed by atoms with E-state index in [0.29, 0.717) is 4.99 Å². The summed E-state index contributed by atoms with van der Waals surface area (Å²) in [4.78, 5) is 3.04. The summed E-state index contributed by atoms with van der Waals surface area (Å²) in [5, 5.41) is 0. The Labute approximate surface area is 87.5 Å². The molecule has 0 amide bonds. The minimum Gasteiger partial charge on any atom is -0.393 e. The monoisotopic (exact) mass is 202 g/mol. The van der Waals surface area contributed by atoms with Crippen molar-refractivity contribution in [1.82, 2.24) is 4.90 Å². The molecule has 0 bridgehead atoms. The molecule has 0 spiro atoms. The van der Waals surface area contributed by atoms with Gasteiger partial charge in [0.1, 0.15) is 0 Å². The van der Waals surface area contributed by atoms with Crippen LogP contribution in [0.2, 0.25) is 0 Å². The number of rotatable bonds is 7. The molecule has 0 fully saturated rings. The summed E-state index contributed by atoms with van der Waals surface area (Å²) >= 11 is 4.85. The average Bonchev–Trinajstić information content (AvgIpc) is 2.11. The Hall–Kier alpha value is -0.150. The molecule has 0 aliphatic carbocycles. The van der Waals surface area contributed by atoms with Gasteiger partial charge in [0.15, 0.2) is 0 Å². The zero-order valence-corrected chi connectivity index (χ0v) is 9.86. The second-order valence-corrected chi connectivity index (χ2v) is 4.15. The summed E-state index contributed by atoms with van der Waals surface area (Å²) < 4.78 is 0. The molecule has 0 radical (unpaired) electrons. The molecular formula is C10H22N2S. The average molecular weight is 202 g/mol. The molecule has 1 unspecified atom stereocenters. The van der Waals surface area contributed by atoms with Crippen molar-refractivity contribution in [2.75, 3.05) is 19.6 Å². The van der Waals surface area contributed by atoms with Crippen LogP contribution >= 0.6 is 12.2 Å². The third kappa shape index (κ3) is 6.96. The van der Waals surface area contributed by atoms with Gasteiger partial charge < -0.3 is 10.6 Å². The number of nitrogens with zero attached hydrogens (tertiary/aromatic N) is 1. The van der Waals surface area contributed by atoms with Gasteiger partial charge in [-0.2, -0.15) is 0 Å². The van der Waals surface area contributed by atoms with Gasteiger partial charge in [-0.3, -0.25) is 0 Å². The van der Waals surface area contributed by atoms with Crippen molar-refractivity contribution in [2.45, 2.75) is 33.6 Å². The molecule has 1 atom stereocenters. The van der Waals surface area contributed by atoms with Crippen LogP contribution in [0.15, 0.2) is 0 Å². The molecule has 0 aromatic heterocycles. The normalized spacial score (nSPS) is 13.2. The van der Waals surface area contributed by atoms with Crippen molar-refractivity contribution < 1.29 is 0 Å². The van der Waals surface area contributed by atoms with Gasteiger partial charge in [0.25, 0.3) is 0 Å². The Bertz CT molecular complexity index is 148. The van der Waals surface area contributed by atoms with E-state index in [0.717, 1.165) is 32.0 Å². The summed E-state index contributed by atoms with van der Waals surface area (Å²) in [7, 11) is 0. The van der Waals surface area contributed by atoms with Crippen LogP contribution in [0.3, 0.4) is 0 Å². The molecule has 0 aliphatic rings. The first-order valence-corrected chi connectivity index (χ1v) is 5.51. The maximum atomic E-state index is 5.46. The second-order valence-electron chi connectivity index (χ2n) is 3.62. The number of thiocarbonyl (C=S) groups is 1. The van der Waals surface area contributed by atoms with Gasteiger partial charge in [0.2, 0.25) is 0 Å². The first-order chi connectivity index (χ1) is 6.10. The Morgan fingerprint density at radius 3 is 2.46 bits per heavy atom. The largest absolute Gasteiger partial charge is 0.393 e. The zero-order valence-electron chi connectivity index (χ0n) is 9.05. The molecule has 0 saturated heterocycles. The lowest BCUT2D eigenvalue weighted by atomic mass is 10.1. The molecule has 0 saturated carbocycles. The zero-order chi connectivity index (χ0) is 10.3. The molecule has 0 aliphatic heterocycles. The first kappa shape index (κ1) is 12.8. The van der Waals surface area contributed by atoms with Crippen molar-refractivity contribution in [1.29, 1.82) is 0 Å². The summed E-state index contributed by atoms with van der Waals surface area (Å²) in [5.74, 6) is 0.770. The highest BCUT2D eigenvalue weighted by atomic mass is 32.1. The number of hydrogen-bond acceptors (Lipinski definition) is 2. The fourth-order valence-corrected chi connectivity index (χ4v) is 1.31. The van der Waals surface area contributed by atoms with Crippen molar-refractivity contribution >= 4 is 17.2 Å². The minimum atomic E-state index is 0.627. The van der Waals surface area contributed by atoms with Crippen LogP contribution in [0, 0.1) is 5.92 Å². The van der Waals surface area contributed by atoms with E-state index in [4.69, 9.17) is 18.0 Å². The number of hydrogen-bond donors (Lipinski definition) is 1. The maximum absolute atomic E-state index is 5.46. The standard InChI is InChI=1S/C10H22N2S/c1-4-9(3)8-12(5-2)7-6-10(11)13/h9H,4-8H2,1-3H3,(H2,11,13). The molecule has 13 heavy (non-hydrogen) atoms. The van der Waals surface area contributed by atoms with Crippen LogP contribution in [0.1, 0.15) is 33.6 Å². The van der Waals surface area contributed by atoms with E-state index in [1.807, 2.05) is 0 Å². The summed E-state index contributed by atoms with van der Waals surface area (Å²) in [6, 6.07) is 0. The third-order valence-electron chi connectivity index (χ3n) is 2.39. The lowest BCUT2D eigenvalue weighted by Crippen LogP contribution is -2.31. The van der Waals surface area contributed by atoms with Crippen LogP contribution in [0.5, 0.6) is 0 Å². The maximum Gasteiger partial charge on any atom is 0.0740 e. The van der Waals surface area contributed by atoms with Crippen molar-refractivity contribution in [3.8, 4) is 0 Å². The van der Waals surface area contributed by atoms with Crippen LogP contribution in [0.4, 0.5) is 0 Å². The number of nitrogens with two attached hydrogens (primary N) is 1. The van der Waals surface area contributed by atoms with Crippen LogP contribution in [-0.4, -0.2) is 29.5 Å². The highest BCUT2D eigenvalue weighted by Gasteiger charge is 2.06. The van der Waals surface area contributed by atoms with E-state index < -0.39 is 0 Å². The van der Waals surface area contributed by atoms with E-state index in [1.165, 1.54) is 6.42 Å². The van der Waals surface area contributed by atoms with Gasteiger partial charge in [0.05, 0.1) is 4.99 Å². The molecule has 2 N–H and O–H groups in total. The van der Waals surface area contributed by atoms with Crippen LogP contribution in [0.25, 0.3) is 0 Å². The van der Waals surface area contributed by atoms with Crippen LogP contribution < -0.4 is 5.73 Å². The highest BCUT2D eigenvalue weighted by molar-refractivity contribution is 7.80. The lowest BCUT2D eigenvalue weighted by molar-refractivity contribution is 0.252. The van der Waals surface area contributed by atoms with Gasteiger partial charge >= 0.3 is 0 Å². The van der Waals surface area contributed by atoms with Gasteiger partial charge in [-0.15, -0.1) is 0 Å². The molecule has 0 heterocycles. The molecular weight excluding hydrogens is 180 g/mol. The Balaban J connectivity index is 3.68. The first-order valence-electron chi connectivity index (χ1n) is 5.10.